The second-order valence-corrected chi connectivity index (χ2v) is 8.93. The van der Waals surface area contributed by atoms with Gasteiger partial charge in [0.05, 0.1) is 34.8 Å². The Morgan fingerprint density at radius 3 is 2.66 bits per heavy atom. The van der Waals surface area contributed by atoms with Crippen molar-refractivity contribution in [1.29, 1.82) is 0 Å². The molecule has 11 heteroatoms. The third kappa shape index (κ3) is 3.56. The van der Waals surface area contributed by atoms with Crippen molar-refractivity contribution in [3.05, 3.63) is 35.7 Å². The molecule has 1 atom stereocenters. The van der Waals surface area contributed by atoms with E-state index < -0.39 is 0 Å². The maximum absolute atomic E-state index is 13.4. The van der Waals surface area contributed by atoms with Gasteiger partial charge in [0.15, 0.2) is 5.82 Å². The third-order valence-electron chi connectivity index (χ3n) is 6.96. The minimum absolute atomic E-state index is 0.0837. The van der Waals surface area contributed by atoms with Crippen LogP contribution in [0.25, 0.3) is 5.82 Å². The minimum Gasteiger partial charge on any atom is -0.456 e. The fraction of sp³-hybridized carbons (Fsp3) is 0.571. The molecule has 32 heavy (non-hydrogen) atoms. The first-order valence-electron chi connectivity index (χ1n) is 10.9. The number of carbonyl (C=O) groups excluding carboxylic acids is 2. The molecule has 3 aliphatic rings. The lowest BCUT2D eigenvalue weighted by atomic mass is 9.70. The number of tetrazole rings is 1. The van der Waals surface area contributed by atoms with Crippen LogP contribution in [0.5, 0.6) is 0 Å². The molecule has 11 nitrogen and oxygen atoms in total. The number of cyclic esters (lactones) is 1. The van der Waals surface area contributed by atoms with Gasteiger partial charge in [0.25, 0.3) is 0 Å². The third-order valence-corrected chi connectivity index (χ3v) is 6.96. The highest BCUT2D eigenvalue weighted by atomic mass is 16.5. The number of nitrogens with zero attached hydrogens (tertiary/aromatic N) is 7. The predicted octanol–water partition coefficient (Wildman–Crippen LogP) is 0.922. The van der Waals surface area contributed by atoms with Crippen LogP contribution in [0.2, 0.25) is 0 Å². The van der Waals surface area contributed by atoms with Crippen LogP contribution >= 0.6 is 0 Å². The van der Waals surface area contributed by atoms with Crippen LogP contribution < -0.4 is 5.32 Å². The van der Waals surface area contributed by atoms with E-state index in [9.17, 15) is 9.59 Å². The number of carbonyl (C=O) groups is 2. The lowest BCUT2D eigenvalue weighted by molar-refractivity contribution is -0.138. The Morgan fingerprint density at radius 2 is 2.03 bits per heavy atom. The van der Waals surface area contributed by atoms with Gasteiger partial charge in [-0.2, -0.15) is 4.68 Å². The number of esters is 1. The fourth-order valence-corrected chi connectivity index (χ4v) is 5.17. The Kier molecular flexibility index (Phi) is 5.20. The highest BCUT2D eigenvalue weighted by molar-refractivity contribution is 5.94. The molecule has 1 amide bonds. The highest BCUT2D eigenvalue weighted by Gasteiger charge is 2.53. The summed E-state index contributed by atoms with van der Waals surface area (Å²) in [6.07, 6.45) is 9.20. The average molecular weight is 438 g/mol. The van der Waals surface area contributed by atoms with Crippen LogP contribution in [0.4, 0.5) is 0 Å². The van der Waals surface area contributed by atoms with E-state index in [2.05, 4.69) is 37.7 Å². The summed E-state index contributed by atoms with van der Waals surface area (Å²) in [7, 11) is 0. The predicted molar refractivity (Wildman–Crippen MR) is 111 cm³/mol. The van der Waals surface area contributed by atoms with E-state index in [1.165, 1.54) is 11.0 Å². The molecule has 1 aliphatic carbocycles. The largest absolute Gasteiger partial charge is 0.456 e. The topological polar surface area (TPSA) is 128 Å². The first-order valence-corrected chi connectivity index (χ1v) is 10.9. The summed E-state index contributed by atoms with van der Waals surface area (Å²) in [5.41, 5.74) is 1.81. The van der Waals surface area contributed by atoms with E-state index in [1.54, 1.807) is 19.3 Å². The molecule has 0 unspecified atom stereocenters. The molecule has 4 heterocycles. The molecule has 1 N–H and O–H groups in total. The molecule has 2 aromatic heterocycles. The molecular formula is C21H26N8O3. The number of likely N-dealkylation sites (tertiary alicyclic amines) is 1. The van der Waals surface area contributed by atoms with E-state index in [0.717, 1.165) is 43.5 Å². The van der Waals surface area contributed by atoms with Gasteiger partial charge in [0, 0.05) is 18.6 Å². The first-order chi connectivity index (χ1) is 15.5. The van der Waals surface area contributed by atoms with Crippen molar-refractivity contribution in [3.8, 4) is 5.82 Å². The second kappa shape index (κ2) is 8.05. The van der Waals surface area contributed by atoms with Crippen molar-refractivity contribution in [2.24, 2.45) is 5.41 Å². The lowest BCUT2D eigenvalue weighted by Gasteiger charge is -2.36. The summed E-state index contributed by atoms with van der Waals surface area (Å²) in [5, 5.41) is 14.5. The number of rotatable bonds is 5. The number of amides is 1. The summed E-state index contributed by atoms with van der Waals surface area (Å²) < 4.78 is 6.60. The van der Waals surface area contributed by atoms with E-state index in [1.807, 2.05) is 4.90 Å². The van der Waals surface area contributed by atoms with Gasteiger partial charge in [-0.15, -0.1) is 5.10 Å². The summed E-state index contributed by atoms with van der Waals surface area (Å²) in [5.74, 6) is 0.402. The summed E-state index contributed by atoms with van der Waals surface area (Å²) >= 11 is 0. The van der Waals surface area contributed by atoms with Gasteiger partial charge in [-0.25, -0.2) is 9.78 Å². The van der Waals surface area contributed by atoms with Crippen molar-refractivity contribution in [3.63, 3.8) is 0 Å². The smallest absolute Gasteiger partial charge is 0.336 e. The van der Waals surface area contributed by atoms with Gasteiger partial charge in [-0.1, -0.05) is 0 Å². The van der Waals surface area contributed by atoms with Gasteiger partial charge >= 0.3 is 5.97 Å². The summed E-state index contributed by atoms with van der Waals surface area (Å²) in [4.78, 5) is 35.8. The average Bonchev–Trinajstić information content (AvgIpc) is 3.50. The van der Waals surface area contributed by atoms with E-state index in [-0.39, 0.29) is 29.9 Å². The van der Waals surface area contributed by atoms with Crippen molar-refractivity contribution < 1.29 is 14.3 Å². The minimum atomic E-state index is -0.330. The van der Waals surface area contributed by atoms with Crippen LogP contribution in [0.1, 0.15) is 51.6 Å². The van der Waals surface area contributed by atoms with Gasteiger partial charge in [-0.05, 0) is 56.4 Å². The van der Waals surface area contributed by atoms with Crippen molar-refractivity contribution in [2.45, 2.75) is 64.6 Å². The maximum atomic E-state index is 13.4. The molecule has 0 radical (unpaired) electrons. The zero-order valence-corrected chi connectivity index (χ0v) is 18.2. The fourth-order valence-electron chi connectivity index (χ4n) is 5.17. The normalized spacial score (nSPS) is 28.1. The lowest BCUT2D eigenvalue weighted by Crippen LogP contribution is -2.42. The molecule has 0 aromatic carbocycles. The molecule has 168 valence electrons. The van der Waals surface area contributed by atoms with Crippen LogP contribution in [-0.2, 0) is 20.9 Å². The van der Waals surface area contributed by atoms with Gasteiger partial charge < -0.3 is 15.0 Å². The van der Waals surface area contributed by atoms with Gasteiger partial charge in [0.1, 0.15) is 12.9 Å². The molecule has 1 spiro atoms. The van der Waals surface area contributed by atoms with E-state index in [0.29, 0.717) is 24.0 Å². The SMILES string of the molecule is CC1=C(N2C(=O)[C@]3(CC[C@H](NCc4cnc(-n5cnnn5)cn4)CC3)C[C@@H]2C)COC1=O. The zero-order valence-electron chi connectivity index (χ0n) is 18.2. The van der Waals surface area contributed by atoms with E-state index in [4.69, 9.17) is 4.74 Å². The Morgan fingerprint density at radius 1 is 1.22 bits per heavy atom. The zero-order chi connectivity index (χ0) is 22.3. The molecule has 0 bridgehead atoms. The molecule has 2 aromatic rings. The molecule has 2 fully saturated rings. The van der Waals surface area contributed by atoms with Crippen LogP contribution in [0, 0.1) is 5.41 Å². The Bertz CT molecular complexity index is 1040. The Balaban J connectivity index is 1.17. The summed E-state index contributed by atoms with van der Waals surface area (Å²) in [6.45, 7) is 4.63. The van der Waals surface area contributed by atoms with Crippen molar-refractivity contribution >= 4 is 11.9 Å². The van der Waals surface area contributed by atoms with Crippen molar-refractivity contribution in [2.75, 3.05) is 6.61 Å². The maximum Gasteiger partial charge on any atom is 0.336 e. The van der Waals surface area contributed by atoms with Gasteiger partial charge in [-0.3, -0.25) is 9.78 Å². The number of aromatic nitrogens is 6. The van der Waals surface area contributed by atoms with Crippen LogP contribution in [0.15, 0.2) is 30.0 Å². The monoisotopic (exact) mass is 438 g/mol. The number of hydrogen-bond acceptors (Lipinski definition) is 9. The number of hydrogen-bond donors (Lipinski definition) is 1. The first kappa shape index (κ1) is 20.7. The Labute approximate surface area is 185 Å². The summed E-state index contributed by atoms with van der Waals surface area (Å²) in [6, 6.07) is 0.413. The number of nitrogens with one attached hydrogen (secondary N) is 1. The van der Waals surface area contributed by atoms with Crippen LogP contribution in [-0.4, -0.2) is 65.6 Å². The molecule has 5 rings (SSSR count). The van der Waals surface area contributed by atoms with Crippen LogP contribution in [0.3, 0.4) is 0 Å². The molecule has 1 saturated heterocycles. The Hall–Kier alpha value is -3.21. The van der Waals surface area contributed by atoms with Crippen molar-refractivity contribution in [1.82, 2.24) is 40.4 Å². The standard InChI is InChI=1S/C21H26N8O3/c1-13-7-21(20(31)29(13)17-11-32-19(30)14(17)2)5-3-15(4-6-21)22-8-16-9-24-18(10-23-16)28-12-25-26-27-28/h9-10,12-13,15,22H,3-8,11H2,1-2H3/t13-,15-,21-/m0/s1. The van der Waals surface area contributed by atoms with E-state index >= 15 is 0 Å². The second-order valence-electron chi connectivity index (χ2n) is 8.93. The number of ether oxygens (including phenoxy) is 1. The molecule has 1 saturated carbocycles. The highest BCUT2D eigenvalue weighted by Crippen LogP contribution is 2.49. The molecular weight excluding hydrogens is 412 g/mol. The molecule has 2 aliphatic heterocycles. The quantitative estimate of drug-likeness (QED) is 0.678. The van der Waals surface area contributed by atoms with Gasteiger partial charge in [0.2, 0.25) is 5.91 Å².